The molecule has 0 saturated carbocycles. The molecule has 0 bridgehead atoms. The van der Waals surface area contributed by atoms with E-state index in [1.165, 1.54) is 0 Å². The highest BCUT2D eigenvalue weighted by atomic mass is 32.1. The molecule has 0 radical (unpaired) electrons. The van der Waals surface area contributed by atoms with Gasteiger partial charge in [-0.15, -0.1) is 0 Å². The van der Waals surface area contributed by atoms with E-state index < -0.39 is 0 Å². The van der Waals surface area contributed by atoms with Gasteiger partial charge in [0.15, 0.2) is 0 Å². The summed E-state index contributed by atoms with van der Waals surface area (Å²) in [6, 6.07) is 0. The Morgan fingerprint density at radius 1 is 1.86 bits per heavy atom. The molecule has 0 aliphatic rings. The number of thiol groups is 1. The number of carbonyl (C=O) groups is 1. The molecule has 1 amide bonds. The standard InChI is InChI=1S/C3H7NO2S/c4-3(5)1-2-6-7/h7H,1-2H2,(H2,4,5). The molecule has 0 aliphatic heterocycles. The van der Waals surface area contributed by atoms with Gasteiger partial charge in [0.1, 0.15) is 0 Å². The Morgan fingerprint density at radius 2 is 2.43 bits per heavy atom. The van der Waals surface area contributed by atoms with Gasteiger partial charge in [0, 0.05) is 0 Å². The van der Waals surface area contributed by atoms with Crippen LogP contribution < -0.4 is 5.73 Å². The van der Waals surface area contributed by atoms with Crippen LogP contribution in [0.1, 0.15) is 6.42 Å². The highest BCUT2D eigenvalue weighted by molar-refractivity contribution is 7.75. The number of nitrogens with two attached hydrogens (primary N) is 1. The molecular formula is C3H7NO2S. The van der Waals surface area contributed by atoms with E-state index in [-0.39, 0.29) is 12.3 Å². The Kier molecular flexibility index (Phi) is 3.83. The van der Waals surface area contributed by atoms with E-state index in [4.69, 9.17) is 5.73 Å². The Balaban J connectivity index is 2.82. The molecule has 4 heteroatoms. The largest absolute Gasteiger partial charge is 0.370 e. The highest BCUT2D eigenvalue weighted by Crippen LogP contribution is 1.81. The fourth-order valence-electron chi connectivity index (χ4n) is 0.146. The number of rotatable bonds is 3. The molecule has 7 heavy (non-hydrogen) atoms. The summed E-state index contributed by atoms with van der Waals surface area (Å²) in [4.78, 5) is 9.87. The van der Waals surface area contributed by atoms with Gasteiger partial charge < -0.3 is 9.92 Å². The van der Waals surface area contributed by atoms with Crippen molar-refractivity contribution in [2.75, 3.05) is 6.61 Å². The average molecular weight is 121 g/mol. The molecule has 0 atom stereocenters. The van der Waals surface area contributed by atoms with Crippen molar-refractivity contribution >= 4 is 18.8 Å². The Hall–Kier alpha value is -0.220. The lowest BCUT2D eigenvalue weighted by molar-refractivity contribution is -0.118. The van der Waals surface area contributed by atoms with E-state index in [0.29, 0.717) is 6.61 Å². The minimum atomic E-state index is -0.367. The molecule has 2 N–H and O–H groups in total. The number of carbonyl (C=O) groups excluding carboxylic acids is 1. The first-order valence-electron chi connectivity index (χ1n) is 1.82. The van der Waals surface area contributed by atoms with Crippen LogP contribution in [-0.4, -0.2) is 12.5 Å². The molecule has 0 fully saturated rings. The van der Waals surface area contributed by atoms with Gasteiger partial charge in [-0.1, -0.05) is 0 Å². The third-order valence-electron chi connectivity index (χ3n) is 0.440. The van der Waals surface area contributed by atoms with Crippen molar-refractivity contribution in [1.29, 1.82) is 0 Å². The van der Waals surface area contributed by atoms with Gasteiger partial charge in [0.05, 0.1) is 13.0 Å². The van der Waals surface area contributed by atoms with Gasteiger partial charge in [-0.2, -0.15) is 0 Å². The van der Waals surface area contributed by atoms with Gasteiger partial charge in [0.25, 0.3) is 0 Å². The van der Waals surface area contributed by atoms with Crippen LogP contribution in [0.5, 0.6) is 0 Å². The smallest absolute Gasteiger partial charge is 0.219 e. The van der Waals surface area contributed by atoms with Crippen LogP contribution in [0.3, 0.4) is 0 Å². The molecule has 0 unspecified atom stereocenters. The van der Waals surface area contributed by atoms with E-state index in [1.54, 1.807) is 0 Å². The summed E-state index contributed by atoms with van der Waals surface area (Å²) in [5.41, 5.74) is 4.73. The Bertz CT molecular complexity index is 66.0. The SMILES string of the molecule is NC(=O)CCOS. The van der Waals surface area contributed by atoms with E-state index in [1.807, 2.05) is 0 Å². The Labute approximate surface area is 47.4 Å². The molecule has 3 nitrogen and oxygen atoms in total. The molecule has 0 heterocycles. The summed E-state index contributed by atoms with van der Waals surface area (Å²) in [5, 5.41) is 0. The lowest BCUT2D eigenvalue weighted by Crippen LogP contribution is -2.11. The van der Waals surface area contributed by atoms with Crippen LogP contribution in [0, 0.1) is 0 Å². The van der Waals surface area contributed by atoms with Crippen molar-refractivity contribution in [1.82, 2.24) is 0 Å². The first-order chi connectivity index (χ1) is 3.27. The minimum absolute atomic E-state index is 0.240. The second-order valence-electron chi connectivity index (χ2n) is 1.05. The summed E-state index contributed by atoms with van der Waals surface area (Å²) in [7, 11) is 0. The maximum Gasteiger partial charge on any atom is 0.219 e. The first-order valence-corrected chi connectivity index (χ1v) is 2.18. The van der Waals surface area contributed by atoms with Gasteiger partial charge in [-0.3, -0.25) is 4.79 Å². The third kappa shape index (κ3) is 5.78. The van der Waals surface area contributed by atoms with E-state index in [9.17, 15) is 4.79 Å². The zero-order valence-corrected chi connectivity index (χ0v) is 4.65. The fraction of sp³-hybridized carbons (Fsp3) is 0.667. The maximum atomic E-state index is 9.87. The fourth-order valence-corrected chi connectivity index (χ4v) is 0.238. The number of primary amides is 1. The molecule has 0 aromatic heterocycles. The van der Waals surface area contributed by atoms with Gasteiger partial charge in [0.2, 0.25) is 5.91 Å². The summed E-state index contributed by atoms with van der Waals surface area (Å²) in [5.74, 6) is -0.367. The molecule has 0 aromatic rings. The first kappa shape index (κ1) is 6.78. The van der Waals surface area contributed by atoms with Crippen molar-refractivity contribution in [3.63, 3.8) is 0 Å². The zero-order chi connectivity index (χ0) is 5.70. The third-order valence-corrected chi connectivity index (χ3v) is 0.622. The predicted octanol–water partition coefficient (Wildman–Crippen LogP) is -0.277. The van der Waals surface area contributed by atoms with Gasteiger partial charge >= 0.3 is 0 Å². The van der Waals surface area contributed by atoms with Crippen LogP contribution >= 0.6 is 12.9 Å². The van der Waals surface area contributed by atoms with Crippen LogP contribution in [0.2, 0.25) is 0 Å². The summed E-state index contributed by atoms with van der Waals surface area (Å²) in [6.45, 7) is 0.290. The maximum absolute atomic E-state index is 9.87. The molecule has 0 aromatic carbocycles. The molecule has 42 valence electrons. The summed E-state index contributed by atoms with van der Waals surface area (Å²) < 4.78 is 4.25. The van der Waals surface area contributed by atoms with Crippen LogP contribution in [-0.2, 0) is 8.98 Å². The Morgan fingerprint density at radius 3 is 2.57 bits per heavy atom. The lowest BCUT2D eigenvalue weighted by Gasteiger charge is -1.88. The highest BCUT2D eigenvalue weighted by Gasteiger charge is 1.89. The second-order valence-corrected chi connectivity index (χ2v) is 1.31. The van der Waals surface area contributed by atoms with Gasteiger partial charge in [-0.25, -0.2) is 0 Å². The molecule has 0 rings (SSSR count). The van der Waals surface area contributed by atoms with Crippen molar-refractivity contribution in [3.05, 3.63) is 0 Å². The average Bonchev–Trinajstić information content (AvgIpc) is 1.61. The summed E-state index contributed by atoms with van der Waals surface area (Å²) >= 11 is 3.39. The van der Waals surface area contributed by atoms with Gasteiger partial charge in [-0.05, 0) is 12.9 Å². The number of amides is 1. The lowest BCUT2D eigenvalue weighted by atomic mass is 10.4. The zero-order valence-electron chi connectivity index (χ0n) is 3.76. The quantitative estimate of drug-likeness (QED) is 0.398. The van der Waals surface area contributed by atoms with E-state index in [0.717, 1.165) is 0 Å². The predicted molar refractivity (Wildman–Crippen MR) is 28.7 cm³/mol. The summed E-state index contributed by atoms with van der Waals surface area (Å²) in [6.07, 6.45) is 0.240. The van der Waals surface area contributed by atoms with Crippen molar-refractivity contribution in [2.24, 2.45) is 5.73 Å². The molecule has 0 saturated heterocycles. The minimum Gasteiger partial charge on any atom is -0.370 e. The number of hydrogen-bond donors (Lipinski definition) is 2. The monoisotopic (exact) mass is 121 g/mol. The topological polar surface area (TPSA) is 52.3 Å². The molecular weight excluding hydrogens is 114 g/mol. The van der Waals surface area contributed by atoms with Crippen molar-refractivity contribution in [2.45, 2.75) is 6.42 Å². The van der Waals surface area contributed by atoms with Crippen molar-refractivity contribution < 1.29 is 8.98 Å². The normalized spacial score (nSPS) is 8.71. The second kappa shape index (κ2) is 3.95. The van der Waals surface area contributed by atoms with Crippen molar-refractivity contribution in [3.8, 4) is 0 Å². The van der Waals surface area contributed by atoms with E-state index >= 15 is 0 Å². The van der Waals surface area contributed by atoms with E-state index in [2.05, 4.69) is 17.1 Å². The van der Waals surface area contributed by atoms with Crippen LogP contribution in [0.15, 0.2) is 0 Å². The van der Waals surface area contributed by atoms with Crippen LogP contribution in [0.25, 0.3) is 0 Å². The molecule has 0 spiro atoms. The molecule has 0 aliphatic carbocycles. The number of hydrogen-bond acceptors (Lipinski definition) is 3. The van der Waals surface area contributed by atoms with Crippen LogP contribution in [0.4, 0.5) is 0 Å².